The van der Waals surface area contributed by atoms with Gasteiger partial charge >= 0.3 is 0 Å². The van der Waals surface area contributed by atoms with Crippen LogP contribution in [0, 0.1) is 10.1 Å². The number of non-ortho nitro benzene ring substituents is 1. The van der Waals surface area contributed by atoms with Crippen molar-refractivity contribution in [1.29, 1.82) is 0 Å². The first kappa shape index (κ1) is 19.7. The minimum Gasteiger partial charge on any atom is -0.463 e. The monoisotopic (exact) mass is 405 g/mol. The van der Waals surface area contributed by atoms with Crippen LogP contribution < -0.4 is 15.0 Å². The fraction of sp³-hybridized carbons (Fsp3) is 0.261. The van der Waals surface area contributed by atoms with Crippen molar-refractivity contribution in [1.82, 2.24) is 0 Å². The van der Waals surface area contributed by atoms with Gasteiger partial charge in [-0.25, -0.2) is 0 Å². The van der Waals surface area contributed by atoms with Crippen molar-refractivity contribution in [3.8, 4) is 5.75 Å². The number of ether oxygens (including phenoxy) is 1. The standard InChI is InChI=1S/C23H23N3O4/c1-14(2)21(27)24-16-6-8-19-18(13-16)22(3,4)23(25(19)5)11-10-15-12-17(26(28)29)7-9-20(15)30-23/h6-13H,1H2,2-5H3,(H,24,27). The number of hydrogen-bond acceptors (Lipinski definition) is 5. The largest absolute Gasteiger partial charge is 0.463 e. The Morgan fingerprint density at radius 2 is 1.97 bits per heavy atom. The van der Waals surface area contributed by atoms with Crippen LogP contribution >= 0.6 is 0 Å². The van der Waals surface area contributed by atoms with E-state index in [1.165, 1.54) is 12.1 Å². The number of rotatable bonds is 3. The van der Waals surface area contributed by atoms with E-state index in [2.05, 4.69) is 30.6 Å². The second-order valence-electron chi connectivity index (χ2n) is 8.26. The van der Waals surface area contributed by atoms with Gasteiger partial charge in [-0.1, -0.05) is 6.58 Å². The summed E-state index contributed by atoms with van der Waals surface area (Å²) >= 11 is 0. The average Bonchev–Trinajstić information content (AvgIpc) is 2.86. The summed E-state index contributed by atoms with van der Waals surface area (Å²) in [5, 5.41) is 14.0. The number of anilines is 2. The number of amides is 1. The Balaban J connectivity index is 1.75. The summed E-state index contributed by atoms with van der Waals surface area (Å²) in [5.41, 5.74) is 2.56. The molecule has 1 unspecified atom stereocenters. The van der Waals surface area contributed by atoms with Gasteiger partial charge in [-0.15, -0.1) is 0 Å². The Hall–Kier alpha value is -3.61. The molecular weight excluding hydrogens is 382 g/mol. The quantitative estimate of drug-likeness (QED) is 0.457. The van der Waals surface area contributed by atoms with E-state index in [1.807, 2.05) is 37.4 Å². The number of hydrogen-bond donors (Lipinski definition) is 1. The molecule has 0 radical (unpaired) electrons. The van der Waals surface area contributed by atoms with Gasteiger partial charge in [0.05, 0.1) is 10.3 Å². The summed E-state index contributed by atoms with van der Waals surface area (Å²) in [5.74, 6) is 0.366. The Morgan fingerprint density at radius 1 is 1.23 bits per heavy atom. The predicted molar refractivity (Wildman–Crippen MR) is 117 cm³/mol. The third-order valence-electron chi connectivity index (χ3n) is 6.03. The molecule has 0 saturated heterocycles. The number of fused-ring (bicyclic) bond motifs is 2. The molecule has 2 aromatic rings. The van der Waals surface area contributed by atoms with E-state index in [1.54, 1.807) is 13.0 Å². The van der Waals surface area contributed by atoms with E-state index >= 15 is 0 Å². The molecule has 4 rings (SSSR count). The molecule has 7 heteroatoms. The highest BCUT2D eigenvalue weighted by Crippen LogP contribution is 2.54. The number of carbonyl (C=O) groups is 1. The Kier molecular flexibility index (Phi) is 4.23. The lowest BCUT2D eigenvalue weighted by Gasteiger charge is -2.45. The first-order chi connectivity index (χ1) is 14.1. The number of nitro benzene ring substituents is 1. The molecule has 1 spiro atoms. The van der Waals surface area contributed by atoms with Crippen molar-refractivity contribution in [2.45, 2.75) is 31.9 Å². The minimum atomic E-state index is -0.810. The lowest BCUT2D eigenvalue weighted by Crippen LogP contribution is -2.58. The van der Waals surface area contributed by atoms with Crippen molar-refractivity contribution < 1.29 is 14.5 Å². The molecular formula is C23H23N3O4. The molecule has 2 aromatic carbocycles. The molecule has 2 heterocycles. The van der Waals surface area contributed by atoms with Crippen molar-refractivity contribution in [2.75, 3.05) is 17.3 Å². The maximum Gasteiger partial charge on any atom is 0.270 e. The zero-order valence-corrected chi connectivity index (χ0v) is 17.4. The highest BCUT2D eigenvalue weighted by molar-refractivity contribution is 6.03. The Labute approximate surface area is 174 Å². The van der Waals surface area contributed by atoms with Gasteiger partial charge in [0.15, 0.2) is 0 Å². The third kappa shape index (κ3) is 2.69. The second kappa shape index (κ2) is 6.45. The van der Waals surface area contributed by atoms with E-state index < -0.39 is 16.1 Å². The van der Waals surface area contributed by atoms with Crippen LogP contribution in [0.25, 0.3) is 6.08 Å². The molecule has 2 aliphatic heterocycles. The number of carbonyl (C=O) groups excluding carboxylic acids is 1. The van der Waals surface area contributed by atoms with Crippen LogP contribution in [-0.2, 0) is 10.2 Å². The van der Waals surface area contributed by atoms with Crippen molar-refractivity contribution in [2.24, 2.45) is 0 Å². The molecule has 0 aliphatic carbocycles. The lowest BCUT2D eigenvalue weighted by atomic mass is 9.76. The van der Waals surface area contributed by atoms with Crippen molar-refractivity contribution in [3.05, 3.63) is 75.9 Å². The average molecular weight is 405 g/mol. The maximum absolute atomic E-state index is 12.0. The fourth-order valence-corrected chi connectivity index (χ4v) is 4.23. The summed E-state index contributed by atoms with van der Waals surface area (Å²) in [6, 6.07) is 10.4. The highest BCUT2D eigenvalue weighted by atomic mass is 16.6. The van der Waals surface area contributed by atoms with E-state index in [0.717, 1.165) is 11.3 Å². The topological polar surface area (TPSA) is 84.7 Å². The summed E-state index contributed by atoms with van der Waals surface area (Å²) in [6.45, 7) is 9.51. The molecule has 2 aliphatic rings. The number of benzene rings is 2. The lowest BCUT2D eigenvalue weighted by molar-refractivity contribution is -0.384. The summed E-state index contributed by atoms with van der Waals surface area (Å²) < 4.78 is 6.50. The van der Waals surface area contributed by atoms with Gasteiger partial charge in [-0.05, 0) is 62.8 Å². The minimum absolute atomic E-state index is 0.0261. The Morgan fingerprint density at radius 3 is 2.63 bits per heavy atom. The van der Waals surface area contributed by atoms with Gasteiger partial charge in [0.1, 0.15) is 5.75 Å². The van der Waals surface area contributed by atoms with Crippen LogP contribution in [0.2, 0.25) is 0 Å². The maximum atomic E-state index is 12.0. The van der Waals surface area contributed by atoms with E-state index in [-0.39, 0.29) is 11.6 Å². The molecule has 7 nitrogen and oxygen atoms in total. The van der Waals surface area contributed by atoms with Crippen LogP contribution in [-0.4, -0.2) is 23.6 Å². The second-order valence-corrected chi connectivity index (χ2v) is 8.26. The Bertz CT molecular complexity index is 1140. The number of nitro groups is 1. The van der Waals surface area contributed by atoms with E-state index in [4.69, 9.17) is 4.74 Å². The first-order valence-electron chi connectivity index (χ1n) is 9.59. The summed E-state index contributed by atoms with van der Waals surface area (Å²) in [7, 11) is 1.96. The van der Waals surface area contributed by atoms with E-state index in [9.17, 15) is 14.9 Å². The molecule has 154 valence electrons. The summed E-state index contributed by atoms with van der Waals surface area (Å²) in [6.07, 6.45) is 3.82. The molecule has 1 atom stereocenters. The van der Waals surface area contributed by atoms with Gasteiger partial charge < -0.3 is 15.0 Å². The molecule has 1 amide bonds. The predicted octanol–water partition coefficient (Wildman–Crippen LogP) is 4.64. The fourth-order valence-electron chi connectivity index (χ4n) is 4.23. The highest BCUT2D eigenvalue weighted by Gasteiger charge is 2.57. The van der Waals surface area contributed by atoms with E-state index in [0.29, 0.717) is 22.6 Å². The molecule has 1 N–H and O–H groups in total. The van der Waals surface area contributed by atoms with Gasteiger partial charge in [0.2, 0.25) is 5.72 Å². The normalized spacial score (nSPS) is 20.3. The van der Waals surface area contributed by atoms with Gasteiger partial charge in [0.25, 0.3) is 11.6 Å². The van der Waals surface area contributed by atoms with Crippen LogP contribution in [0.4, 0.5) is 17.1 Å². The smallest absolute Gasteiger partial charge is 0.270 e. The van der Waals surface area contributed by atoms with Crippen molar-refractivity contribution >= 4 is 29.0 Å². The summed E-state index contributed by atoms with van der Waals surface area (Å²) in [4.78, 5) is 24.8. The van der Waals surface area contributed by atoms with Crippen LogP contribution in [0.3, 0.4) is 0 Å². The molecule has 30 heavy (non-hydrogen) atoms. The third-order valence-corrected chi connectivity index (χ3v) is 6.03. The molecule has 0 fully saturated rings. The zero-order chi connectivity index (χ0) is 21.8. The molecule has 0 bridgehead atoms. The van der Waals surface area contributed by atoms with Gasteiger partial charge in [0, 0.05) is 41.7 Å². The van der Waals surface area contributed by atoms with Gasteiger partial charge in [-0.2, -0.15) is 0 Å². The van der Waals surface area contributed by atoms with Crippen LogP contribution in [0.5, 0.6) is 5.75 Å². The first-order valence-corrected chi connectivity index (χ1v) is 9.59. The SMILES string of the molecule is C=C(C)C(=O)Nc1ccc2c(c1)C(C)(C)C1(C=Cc3cc([N+](=O)[O-])ccc3O1)N2C. The number of nitrogens with one attached hydrogen (secondary N) is 1. The van der Waals surface area contributed by atoms with Crippen LogP contribution in [0.1, 0.15) is 31.9 Å². The number of likely N-dealkylation sites (N-methyl/N-ethyl adjacent to an activating group) is 1. The molecule has 0 aromatic heterocycles. The zero-order valence-electron chi connectivity index (χ0n) is 17.4. The van der Waals surface area contributed by atoms with Crippen LogP contribution in [0.15, 0.2) is 54.6 Å². The molecule has 0 saturated carbocycles. The number of nitrogens with zero attached hydrogens (tertiary/aromatic N) is 2. The van der Waals surface area contributed by atoms with Crippen molar-refractivity contribution in [3.63, 3.8) is 0 Å². The van der Waals surface area contributed by atoms with Gasteiger partial charge in [-0.3, -0.25) is 14.9 Å².